The topological polar surface area (TPSA) is 113 Å². The van der Waals surface area contributed by atoms with Crippen LogP contribution in [0.3, 0.4) is 0 Å². The van der Waals surface area contributed by atoms with E-state index in [-0.39, 0.29) is 17.5 Å². The highest BCUT2D eigenvalue weighted by atomic mass is 32.2. The maximum atomic E-state index is 12.6. The Balaban J connectivity index is 2.19. The molecule has 0 bridgehead atoms. The van der Waals surface area contributed by atoms with Gasteiger partial charge < -0.3 is 15.2 Å². The van der Waals surface area contributed by atoms with Crippen LogP contribution in [0.2, 0.25) is 0 Å². The average Bonchev–Trinajstić information content (AvgIpc) is 2.85. The molecule has 134 valence electrons. The molecule has 0 aliphatic carbocycles. The molecule has 1 atom stereocenters. The van der Waals surface area contributed by atoms with E-state index < -0.39 is 36.3 Å². The summed E-state index contributed by atoms with van der Waals surface area (Å²) in [6.07, 6.45) is 0.199. The van der Waals surface area contributed by atoms with Crippen LogP contribution in [0.4, 0.5) is 0 Å². The summed E-state index contributed by atoms with van der Waals surface area (Å²) in [4.78, 5) is 49.1. The lowest BCUT2D eigenvalue weighted by molar-refractivity contribution is -0.138. The van der Waals surface area contributed by atoms with Crippen LogP contribution in [0.25, 0.3) is 0 Å². The molecule has 0 radical (unpaired) electrons. The molecule has 1 aliphatic heterocycles. The lowest BCUT2D eigenvalue weighted by Gasteiger charge is -2.25. The van der Waals surface area contributed by atoms with Gasteiger partial charge in [-0.3, -0.25) is 24.1 Å². The van der Waals surface area contributed by atoms with Crippen molar-refractivity contribution in [3.05, 3.63) is 35.4 Å². The molecular formula is C16H18N2O6S. The van der Waals surface area contributed by atoms with Gasteiger partial charge in [-0.2, -0.15) is 0 Å². The summed E-state index contributed by atoms with van der Waals surface area (Å²) in [6.45, 7) is -0.580. The number of carboxylic acids is 1. The van der Waals surface area contributed by atoms with Crippen LogP contribution >= 0.6 is 11.8 Å². The minimum atomic E-state index is -1.21. The van der Waals surface area contributed by atoms with Gasteiger partial charge in [0.05, 0.1) is 17.1 Å². The van der Waals surface area contributed by atoms with Crippen LogP contribution in [-0.2, 0) is 14.3 Å². The second-order valence-corrected chi connectivity index (χ2v) is 6.31. The first kappa shape index (κ1) is 18.9. The molecule has 1 aliphatic rings. The van der Waals surface area contributed by atoms with Crippen LogP contribution in [0.15, 0.2) is 24.3 Å². The Kier molecular flexibility index (Phi) is 6.54. The number of rotatable bonds is 9. The van der Waals surface area contributed by atoms with Crippen molar-refractivity contribution in [2.24, 2.45) is 0 Å². The largest absolute Gasteiger partial charge is 0.480 e. The van der Waals surface area contributed by atoms with Gasteiger partial charge in [-0.1, -0.05) is 12.1 Å². The number of amides is 3. The number of methoxy groups -OCH3 is 1. The first-order valence-corrected chi connectivity index (χ1v) is 8.66. The number of aliphatic carboxylic acids is 1. The van der Waals surface area contributed by atoms with Crippen LogP contribution < -0.4 is 5.32 Å². The molecule has 0 fully saturated rings. The molecule has 25 heavy (non-hydrogen) atoms. The number of ether oxygens (including phenoxy) is 1. The third-order valence-corrected chi connectivity index (χ3v) is 4.52. The van der Waals surface area contributed by atoms with Crippen molar-refractivity contribution in [2.45, 2.75) is 12.5 Å². The average molecular weight is 366 g/mol. The Morgan fingerprint density at radius 3 is 2.36 bits per heavy atom. The van der Waals surface area contributed by atoms with Crippen molar-refractivity contribution >= 4 is 35.5 Å². The number of nitrogens with one attached hydrogen (secondary N) is 1. The summed E-state index contributed by atoms with van der Waals surface area (Å²) in [5.41, 5.74) is 0.487. The molecular weight excluding hydrogens is 348 g/mol. The molecule has 0 saturated heterocycles. The van der Waals surface area contributed by atoms with Crippen LogP contribution in [0.5, 0.6) is 0 Å². The number of hydrogen-bond donors (Lipinski definition) is 2. The zero-order valence-corrected chi connectivity index (χ0v) is 14.4. The lowest BCUT2D eigenvalue weighted by atomic mass is 10.1. The maximum Gasteiger partial charge on any atom is 0.322 e. The first-order chi connectivity index (χ1) is 12.0. The molecule has 2 rings (SSSR count). The Morgan fingerprint density at radius 2 is 1.84 bits per heavy atom. The Morgan fingerprint density at radius 1 is 1.24 bits per heavy atom. The molecule has 0 saturated carbocycles. The molecule has 3 amide bonds. The third-order valence-electron chi connectivity index (χ3n) is 3.59. The summed E-state index contributed by atoms with van der Waals surface area (Å²) in [5.74, 6) is -2.10. The van der Waals surface area contributed by atoms with Gasteiger partial charge in [-0.05, 0) is 24.3 Å². The zero-order valence-electron chi connectivity index (χ0n) is 13.6. The zero-order chi connectivity index (χ0) is 18.4. The van der Waals surface area contributed by atoms with E-state index in [0.29, 0.717) is 11.7 Å². The number of carboxylic acid groups (broad SMARTS) is 1. The van der Waals surface area contributed by atoms with Crippen LogP contribution in [-0.4, -0.2) is 65.1 Å². The number of thioether (sulfide) groups is 1. The molecule has 9 heteroatoms. The summed E-state index contributed by atoms with van der Waals surface area (Å²) in [7, 11) is 1.54. The van der Waals surface area contributed by atoms with Gasteiger partial charge in [0, 0.05) is 7.11 Å². The van der Waals surface area contributed by atoms with E-state index in [9.17, 15) is 19.2 Å². The molecule has 0 unspecified atom stereocenters. The molecule has 0 spiro atoms. The molecule has 1 aromatic rings. The first-order valence-electron chi connectivity index (χ1n) is 7.50. The maximum absolute atomic E-state index is 12.6. The number of carbonyl (C=O) groups is 4. The Labute approximate surface area is 148 Å². The van der Waals surface area contributed by atoms with E-state index in [2.05, 4.69) is 5.32 Å². The van der Waals surface area contributed by atoms with Crippen molar-refractivity contribution in [3.63, 3.8) is 0 Å². The molecule has 1 heterocycles. The highest BCUT2D eigenvalue weighted by Crippen LogP contribution is 2.26. The number of hydrogen-bond acceptors (Lipinski definition) is 6. The van der Waals surface area contributed by atoms with E-state index in [0.717, 1.165) is 4.90 Å². The van der Waals surface area contributed by atoms with E-state index in [4.69, 9.17) is 9.84 Å². The van der Waals surface area contributed by atoms with Crippen molar-refractivity contribution in [3.8, 4) is 0 Å². The minimum Gasteiger partial charge on any atom is -0.480 e. The van der Waals surface area contributed by atoms with Crippen LogP contribution in [0, 0.1) is 0 Å². The fourth-order valence-electron chi connectivity index (χ4n) is 2.49. The summed E-state index contributed by atoms with van der Waals surface area (Å²) >= 11 is 1.40. The van der Waals surface area contributed by atoms with Crippen LogP contribution in [0.1, 0.15) is 27.1 Å². The third kappa shape index (κ3) is 4.37. The van der Waals surface area contributed by atoms with Gasteiger partial charge in [0.15, 0.2) is 0 Å². The van der Waals surface area contributed by atoms with E-state index in [1.807, 2.05) is 0 Å². The van der Waals surface area contributed by atoms with Gasteiger partial charge in [0.2, 0.25) is 5.91 Å². The van der Waals surface area contributed by atoms with Gasteiger partial charge in [-0.15, -0.1) is 11.8 Å². The van der Waals surface area contributed by atoms with E-state index in [1.54, 1.807) is 12.1 Å². The molecule has 8 nitrogen and oxygen atoms in total. The Bertz CT molecular complexity index is 658. The fourth-order valence-corrected chi connectivity index (χ4v) is 3.16. The van der Waals surface area contributed by atoms with E-state index >= 15 is 0 Å². The summed E-state index contributed by atoms with van der Waals surface area (Å²) < 4.78 is 4.92. The molecule has 2 N–H and O–H groups in total. The van der Waals surface area contributed by atoms with Crippen molar-refractivity contribution in [1.29, 1.82) is 0 Å². The number of imide groups is 1. The second kappa shape index (κ2) is 8.63. The van der Waals surface area contributed by atoms with Crippen molar-refractivity contribution in [2.75, 3.05) is 25.3 Å². The van der Waals surface area contributed by atoms with Crippen molar-refractivity contribution in [1.82, 2.24) is 10.2 Å². The number of carbonyl (C=O) groups excluding carboxylic acids is 3. The smallest absolute Gasteiger partial charge is 0.322 e. The van der Waals surface area contributed by atoms with Gasteiger partial charge >= 0.3 is 5.97 Å². The number of fused-ring (bicyclic) bond motifs is 1. The number of benzene rings is 1. The predicted octanol–water partition coefficient (Wildman–Crippen LogP) is 0.579. The van der Waals surface area contributed by atoms with E-state index in [1.165, 1.54) is 31.0 Å². The predicted molar refractivity (Wildman–Crippen MR) is 90.3 cm³/mol. The molecule has 1 aromatic carbocycles. The van der Waals surface area contributed by atoms with Gasteiger partial charge in [0.25, 0.3) is 11.8 Å². The van der Waals surface area contributed by atoms with Gasteiger partial charge in [0.1, 0.15) is 12.6 Å². The second-order valence-electron chi connectivity index (χ2n) is 5.26. The quantitative estimate of drug-likeness (QED) is 0.373. The minimum absolute atomic E-state index is 0.199. The van der Waals surface area contributed by atoms with Gasteiger partial charge in [-0.25, -0.2) is 0 Å². The molecule has 0 aromatic heterocycles. The number of nitrogens with zero attached hydrogens (tertiary/aromatic N) is 1. The lowest BCUT2D eigenvalue weighted by Crippen LogP contribution is -2.50. The monoisotopic (exact) mass is 366 g/mol. The highest BCUT2D eigenvalue weighted by Gasteiger charge is 2.42. The van der Waals surface area contributed by atoms with Crippen molar-refractivity contribution < 1.29 is 29.0 Å². The Hall–Kier alpha value is -2.39. The summed E-state index contributed by atoms with van der Waals surface area (Å²) in [6, 6.07) is 5.27. The standard InChI is InChI=1S/C16H18N2O6S/c1-24-9-25-7-6-12(14(21)17-8-13(19)20)18-15(22)10-4-2-3-5-11(10)16(18)23/h2-5,12H,6-9H2,1H3,(H,17,21)(H,19,20)/t12-/m0/s1. The highest BCUT2D eigenvalue weighted by molar-refractivity contribution is 7.99. The fraction of sp³-hybridized carbons (Fsp3) is 0.375. The SMILES string of the molecule is COCSCC[C@@H](C(=O)NCC(=O)O)N1C(=O)c2ccccc2C1=O. The normalized spacial score (nSPS) is 14.4. The summed E-state index contributed by atoms with van der Waals surface area (Å²) in [5, 5.41) is 11.0.